The molecular formula is C8H16N4O2S. The van der Waals surface area contributed by atoms with Crippen LogP contribution in [0.5, 0.6) is 0 Å². The maximum atomic E-state index is 10.9. The van der Waals surface area contributed by atoms with Crippen molar-refractivity contribution in [1.82, 2.24) is 10.2 Å². The summed E-state index contributed by atoms with van der Waals surface area (Å²) < 4.78 is 16.2. The molecule has 3 atom stereocenters. The van der Waals surface area contributed by atoms with Crippen LogP contribution in [-0.4, -0.2) is 32.5 Å². The summed E-state index contributed by atoms with van der Waals surface area (Å²) in [5.41, 5.74) is 5.57. The minimum Gasteiger partial charge on any atom is -0.406 e. The molecule has 0 spiro atoms. The predicted octanol–water partition coefficient (Wildman–Crippen LogP) is 0.268. The molecule has 0 aromatic carbocycles. The predicted molar refractivity (Wildman–Crippen MR) is 58.9 cm³/mol. The van der Waals surface area contributed by atoms with Crippen LogP contribution in [0.1, 0.15) is 25.8 Å². The Morgan fingerprint density at radius 1 is 1.53 bits per heavy atom. The molecular weight excluding hydrogens is 216 g/mol. The molecule has 86 valence electrons. The summed E-state index contributed by atoms with van der Waals surface area (Å²) in [5, 5.41) is 10.5. The van der Waals surface area contributed by atoms with Crippen LogP contribution in [0.25, 0.3) is 0 Å². The van der Waals surface area contributed by atoms with Crippen LogP contribution >= 0.6 is 0 Å². The Bertz CT molecular complexity index is 339. The lowest BCUT2D eigenvalue weighted by molar-refractivity contribution is 0.470. The molecule has 0 radical (unpaired) electrons. The third kappa shape index (κ3) is 3.96. The zero-order valence-corrected chi connectivity index (χ0v) is 9.87. The highest BCUT2D eigenvalue weighted by atomic mass is 32.2. The van der Waals surface area contributed by atoms with Crippen LogP contribution < -0.4 is 11.1 Å². The van der Waals surface area contributed by atoms with E-state index in [1.807, 2.05) is 6.92 Å². The Morgan fingerprint density at radius 3 is 2.67 bits per heavy atom. The smallest absolute Gasteiger partial charge is 0.315 e. The van der Waals surface area contributed by atoms with E-state index in [0.29, 0.717) is 17.7 Å². The molecule has 1 heterocycles. The first-order chi connectivity index (χ1) is 6.99. The van der Waals surface area contributed by atoms with E-state index >= 15 is 0 Å². The number of rotatable bonds is 5. The first-order valence-electron chi connectivity index (χ1n) is 4.64. The van der Waals surface area contributed by atoms with Crippen LogP contribution in [0, 0.1) is 0 Å². The Balaban J connectivity index is 2.53. The van der Waals surface area contributed by atoms with E-state index in [2.05, 4.69) is 15.5 Å². The summed E-state index contributed by atoms with van der Waals surface area (Å²) in [6.45, 7) is 3.67. The summed E-state index contributed by atoms with van der Waals surface area (Å²) in [7, 11) is -0.848. The van der Waals surface area contributed by atoms with Crippen LogP contribution in [0.3, 0.4) is 0 Å². The van der Waals surface area contributed by atoms with Crippen molar-refractivity contribution in [2.75, 3.05) is 17.3 Å². The molecule has 0 amide bonds. The third-order valence-electron chi connectivity index (χ3n) is 1.68. The van der Waals surface area contributed by atoms with E-state index in [0.717, 1.165) is 0 Å². The molecule has 6 nitrogen and oxygen atoms in total. The molecule has 0 saturated heterocycles. The maximum absolute atomic E-state index is 10.9. The number of aromatic nitrogens is 2. The number of hydrogen-bond donors (Lipinski definition) is 2. The second-order valence-electron chi connectivity index (χ2n) is 3.52. The molecule has 1 aromatic rings. The van der Waals surface area contributed by atoms with Gasteiger partial charge in [0.1, 0.15) is 0 Å². The van der Waals surface area contributed by atoms with E-state index in [9.17, 15) is 4.21 Å². The highest BCUT2D eigenvalue weighted by Gasteiger charge is 2.12. The minimum absolute atomic E-state index is 0.0252. The Labute approximate surface area is 91.1 Å². The van der Waals surface area contributed by atoms with Gasteiger partial charge in [-0.05, 0) is 13.8 Å². The molecule has 3 N–H and O–H groups in total. The second-order valence-corrected chi connectivity index (χ2v) is 5.00. The van der Waals surface area contributed by atoms with Gasteiger partial charge in [-0.15, -0.1) is 5.10 Å². The second kappa shape index (κ2) is 5.22. The fraction of sp³-hybridized carbons (Fsp3) is 0.750. The SMILES string of the molecule is CC(CS(C)=O)Nc1nnc(C(C)N)o1. The number of nitrogens with one attached hydrogen (secondary N) is 1. The largest absolute Gasteiger partial charge is 0.406 e. The topological polar surface area (TPSA) is 94.0 Å². The lowest BCUT2D eigenvalue weighted by Gasteiger charge is -2.08. The Morgan fingerprint density at radius 2 is 2.20 bits per heavy atom. The van der Waals surface area contributed by atoms with Gasteiger partial charge in [0, 0.05) is 28.9 Å². The fourth-order valence-corrected chi connectivity index (χ4v) is 1.87. The highest BCUT2D eigenvalue weighted by molar-refractivity contribution is 7.84. The summed E-state index contributed by atoms with van der Waals surface area (Å²) in [4.78, 5) is 0. The molecule has 0 saturated carbocycles. The van der Waals surface area contributed by atoms with E-state index in [1.54, 1.807) is 13.2 Å². The van der Waals surface area contributed by atoms with Gasteiger partial charge in [-0.25, -0.2) is 0 Å². The van der Waals surface area contributed by atoms with Crippen LogP contribution in [0.2, 0.25) is 0 Å². The van der Waals surface area contributed by atoms with Gasteiger partial charge < -0.3 is 15.5 Å². The van der Waals surface area contributed by atoms with Gasteiger partial charge in [-0.2, -0.15) is 0 Å². The van der Waals surface area contributed by atoms with Crippen LogP contribution in [0.15, 0.2) is 4.42 Å². The van der Waals surface area contributed by atoms with Crippen molar-refractivity contribution in [1.29, 1.82) is 0 Å². The zero-order valence-electron chi connectivity index (χ0n) is 9.06. The van der Waals surface area contributed by atoms with Gasteiger partial charge in [0.2, 0.25) is 5.89 Å². The normalized spacial score (nSPS) is 17.1. The summed E-state index contributed by atoms with van der Waals surface area (Å²) in [6.07, 6.45) is 1.65. The molecule has 0 fully saturated rings. The van der Waals surface area contributed by atoms with Crippen molar-refractivity contribution in [3.05, 3.63) is 5.89 Å². The summed E-state index contributed by atoms with van der Waals surface area (Å²) >= 11 is 0. The Hall–Kier alpha value is -0.950. The first-order valence-corrected chi connectivity index (χ1v) is 6.37. The quantitative estimate of drug-likeness (QED) is 0.756. The average Bonchev–Trinajstić information content (AvgIpc) is 2.50. The molecule has 15 heavy (non-hydrogen) atoms. The third-order valence-corrected chi connectivity index (χ3v) is 2.65. The van der Waals surface area contributed by atoms with Gasteiger partial charge in [0.15, 0.2) is 0 Å². The van der Waals surface area contributed by atoms with Crippen molar-refractivity contribution in [3.63, 3.8) is 0 Å². The number of anilines is 1. The van der Waals surface area contributed by atoms with Crippen molar-refractivity contribution < 1.29 is 8.63 Å². The fourth-order valence-electron chi connectivity index (χ4n) is 1.08. The molecule has 0 aliphatic heterocycles. The number of nitrogens with two attached hydrogens (primary N) is 1. The number of nitrogens with zero attached hydrogens (tertiary/aromatic N) is 2. The van der Waals surface area contributed by atoms with Crippen molar-refractivity contribution >= 4 is 16.8 Å². The van der Waals surface area contributed by atoms with Gasteiger partial charge in [0.25, 0.3) is 0 Å². The minimum atomic E-state index is -0.848. The molecule has 0 aliphatic carbocycles. The summed E-state index contributed by atoms with van der Waals surface area (Å²) in [6, 6.07) is 0.0705. The molecule has 0 bridgehead atoms. The average molecular weight is 232 g/mol. The van der Waals surface area contributed by atoms with Crippen LogP contribution in [0.4, 0.5) is 6.01 Å². The zero-order chi connectivity index (χ0) is 11.4. The molecule has 1 rings (SSSR count). The van der Waals surface area contributed by atoms with Crippen molar-refractivity contribution in [3.8, 4) is 0 Å². The molecule has 0 aliphatic rings. The Kier molecular flexibility index (Phi) is 4.22. The van der Waals surface area contributed by atoms with Crippen LogP contribution in [-0.2, 0) is 10.8 Å². The first kappa shape index (κ1) is 12.1. The lowest BCUT2D eigenvalue weighted by Crippen LogP contribution is -2.22. The van der Waals surface area contributed by atoms with Crippen molar-refractivity contribution in [2.45, 2.75) is 25.9 Å². The van der Waals surface area contributed by atoms with Gasteiger partial charge >= 0.3 is 6.01 Å². The van der Waals surface area contributed by atoms with Gasteiger partial charge in [-0.1, -0.05) is 5.10 Å². The van der Waals surface area contributed by atoms with E-state index in [-0.39, 0.29) is 12.1 Å². The number of hydrogen-bond acceptors (Lipinski definition) is 6. The van der Waals surface area contributed by atoms with E-state index in [4.69, 9.17) is 10.2 Å². The maximum Gasteiger partial charge on any atom is 0.315 e. The lowest BCUT2D eigenvalue weighted by atomic mass is 10.4. The molecule has 3 unspecified atom stereocenters. The van der Waals surface area contributed by atoms with E-state index < -0.39 is 10.8 Å². The highest BCUT2D eigenvalue weighted by Crippen LogP contribution is 2.11. The standard InChI is InChI=1S/C8H16N4O2S/c1-5(4-15(3)13)10-8-12-11-7(14-8)6(2)9/h5-6H,4,9H2,1-3H3,(H,10,12). The van der Waals surface area contributed by atoms with E-state index in [1.165, 1.54) is 0 Å². The monoisotopic (exact) mass is 232 g/mol. The van der Waals surface area contributed by atoms with Gasteiger partial charge in [-0.3, -0.25) is 4.21 Å². The molecule has 1 aromatic heterocycles. The molecule has 7 heteroatoms. The summed E-state index contributed by atoms with van der Waals surface area (Å²) in [5.74, 6) is 0.929. The van der Waals surface area contributed by atoms with Gasteiger partial charge in [0.05, 0.1) is 6.04 Å². The van der Waals surface area contributed by atoms with Crippen molar-refractivity contribution in [2.24, 2.45) is 5.73 Å².